The second-order valence-corrected chi connectivity index (χ2v) is 5.76. The molecule has 0 spiro atoms. The molecule has 1 N–H and O–H groups in total. The lowest BCUT2D eigenvalue weighted by molar-refractivity contribution is 0.0725. The molecule has 118 valence electrons. The summed E-state index contributed by atoms with van der Waals surface area (Å²) in [6.07, 6.45) is 2.76. The third-order valence-electron chi connectivity index (χ3n) is 4.36. The number of aliphatic hydroxyl groups is 1. The van der Waals surface area contributed by atoms with Crippen LogP contribution in [0.5, 0.6) is 0 Å². The van der Waals surface area contributed by atoms with Crippen LogP contribution in [0.2, 0.25) is 0 Å². The molecule has 1 aliphatic rings. The number of nitrogens with zero attached hydrogens (tertiary/aromatic N) is 2. The van der Waals surface area contributed by atoms with Crippen molar-refractivity contribution in [3.8, 4) is 0 Å². The van der Waals surface area contributed by atoms with Crippen LogP contribution in [0, 0.1) is 5.82 Å². The third kappa shape index (κ3) is 2.39. The molecule has 2 aromatic rings. The van der Waals surface area contributed by atoms with Gasteiger partial charge in [0.1, 0.15) is 11.5 Å². The fraction of sp³-hybridized carbons (Fsp3) is 0.471. The molecule has 4 nitrogen and oxygen atoms in total. The number of rotatable bonds is 5. The van der Waals surface area contributed by atoms with Gasteiger partial charge in [0.05, 0.1) is 6.61 Å². The molecule has 0 saturated carbocycles. The fourth-order valence-corrected chi connectivity index (χ4v) is 3.29. The number of hydrogen-bond donors (Lipinski definition) is 1. The van der Waals surface area contributed by atoms with E-state index < -0.39 is 0 Å². The van der Waals surface area contributed by atoms with Crippen LogP contribution in [0.25, 0.3) is 10.9 Å². The minimum absolute atomic E-state index is 0.000224. The van der Waals surface area contributed by atoms with Gasteiger partial charge >= 0.3 is 0 Å². The number of aromatic nitrogens is 1. The third-order valence-corrected chi connectivity index (χ3v) is 4.36. The number of carbonyl (C=O) groups is 1. The Morgan fingerprint density at radius 3 is 2.86 bits per heavy atom. The molecule has 0 unspecified atom stereocenters. The molecular formula is C17H21FN2O2. The lowest BCUT2D eigenvalue weighted by Crippen LogP contribution is -2.39. The number of aliphatic hydroxyl groups excluding tert-OH is 1. The number of amides is 1. The van der Waals surface area contributed by atoms with Gasteiger partial charge < -0.3 is 14.6 Å². The summed E-state index contributed by atoms with van der Waals surface area (Å²) in [5.74, 6) is -0.294. The number of benzene rings is 1. The molecule has 0 bridgehead atoms. The van der Waals surface area contributed by atoms with Gasteiger partial charge in [-0.05, 0) is 36.6 Å². The normalized spacial score (nSPS) is 14.7. The highest BCUT2D eigenvalue weighted by atomic mass is 19.1. The molecule has 1 aromatic carbocycles. The van der Waals surface area contributed by atoms with E-state index in [-0.39, 0.29) is 18.3 Å². The van der Waals surface area contributed by atoms with Crippen LogP contribution < -0.4 is 0 Å². The van der Waals surface area contributed by atoms with E-state index in [4.69, 9.17) is 0 Å². The minimum Gasteiger partial charge on any atom is -0.395 e. The van der Waals surface area contributed by atoms with Gasteiger partial charge in [-0.3, -0.25) is 4.79 Å². The summed E-state index contributed by atoms with van der Waals surface area (Å²) in [5, 5.41) is 10.1. The number of carbonyl (C=O) groups excluding carboxylic acids is 1. The Morgan fingerprint density at radius 2 is 2.14 bits per heavy atom. The first-order valence-corrected chi connectivity index (χ1v) is 7.88. The van der Waals surface area contributed by atoms with Crippen LogP contribution in [0.4, 0.5) is 4.39 Å². The van der Waals surface area contributed by atoms with Gasteiger partial charge in [-0.1, -0.05) is 13.3 Å². The molecular weight excluding hydrogens is 283 g/mol. The summed E-state index contributed by atoms with van der Waals surface area (Å²) in [6, 6.07) is 4.60. The largest absolute Gasteiger partial charge is 0.395 e. The lowest BCUT2D eigenvalue weighted by Gasteiger charge is -2.28. The highest BCUT2D eigenvalue weighted by Gasteiger charge is 2.30. The van der Waals surface area contributed by atoms with Crippen molar-refractivity contribution in [2.24, 2.45) is 0 Å². The summed E-state index contributed by atoms with van der Waals surface area (Å²) in [7, 11) is 0. The van der Waals surface area contributed by atoms with Gasteiger partial charge in [-0.2, -0.15) is 0 Å². The minimum atomic E-state index is -0.294. The Kier molecular flexibility index (Phi) is 4.16. The molecule has 1 amide bonds. The van der Waals surface area contributed by atoms with Crippen LogP contribution in [0.1, 0.15) is 35.8 Å². The van der Waals surface area contributed by atoms with E-state index in [1.54, 1.807) is 6.07 Å². The van der Waals surface area contributed by atoms with Crippen LogP contribution in [-0.4, -0.2) is 40.2 Å². The second kappa shape index (κ2) is 6.08. The molecule has 3 rings (SSSR count). The first kappa shape index (κ1) is 15.0. The van der Waals surface area contributed by atoms with E-state index in [1.165, 1.54) is 12.1 Å². The van der Waals surface area contributed by atoms with Crippen molar-refractivity contribution in [2.45, 2.75) is 32.7 Å². The highest BCUT2D eigenvalue weighted by molar-refractivity contribution is 6.03. The van der Waals surface area contributed by atoms with Gasteiger partial charge in [0, 0.05) is 30.5 Å². The first-order valence-electron chi connectivity index (χ1n) is 7.88. The van der Waals surface area contributed by atoms with Crippen molar-refractivity contribution >= 4 is 16.8 Å². The summed E-state index contributed by atoms with van der Waals surface area (Å²) >= 11 is 0. The number of fused-ring (bicyclic) bond motifs is 3. The van der Waals surface area contributed by atoms with Crippen molar-refractivity contribution in [3.63, 3.8) is 0 Å². The van der Waals surface area contributed by atoms with Crippen LogP contribution >= 0.6 is 0 Å². The Labute approximate surface area is 129 Å². The van der Waals surface area contributed by atoms with Crippen LogP contribution in [-0.2, 0) is 13.0 Å². The molecule has 0 saturated heterocycles. The van der Waals surface area contributed by atoms with E-state index in [0.29, 0.717) is 18.8 Å². The number of hydrogen-bond acceptors (Lipinski definition) is 2. The standard InChI is InChI=1S/C17H21FN2O2/c1-2-3-7-19-8-6-13-14-11-12(18)4-5-15(14)20(9-10-21)16(13)17(19)22/h4-5,11,21H,2-3,6-10H2,1H3. The molecule has 0 atom stereocenters. The van der Waals surface area contributed by atoms with Crippen LogP contribution in [0.3, 0.4) is 0 Å². The van der Waals surface area contributed by atoms with Gasteiger partial charge in [-0.25, -0.2) is 4.39 Å². The van der Waals surface area contributed by atoms with Gasteiger partial charge in [0.2, 0.25) is 0 Å². The molecule has 0 radical (unpaired) electrons. The van der Waals surface area contributed by atoms with E-state index in [2.05, 4.69) is 6.92 Å². The summed E-state index contributed by atoms with van der Waals surface area (Å²) in [4.78, 5) is 14.7. The Bertz CT molecular complexity index is 708. The molecule has 5 heteroatoms. The smallest absolute Gasteiger partial charge is 0.270 e. The lowest BCUT2D eigenvalue weighted by atomic mass is 10.0. The fourth-order valence-electron chi connectivity index (χ4n) is 3.29. The van der Waals surface area contributed by atoms with Crippen molar-refractivity contribution < 1.29 is 14.3 Å². The SMILES string of the molecule is CCCCN1CCc2c(n(CCO)c3ccc(F)cc23)C1=O. The summed E-state index contributed by atoms with van der Waals surface area (Å²) in [6.45, 7) is 3.84. The Balaban J connectivity index is 2.12. The second-order valence-electron chi connectivity index (χ2n) is 5.76. The maximum Gasteiger partial charge on any atom is 0.270 e. The average molecular weight is 304 g/mol. The van der Waals surface area contributed by atoms with Crippen LogP contribution in [0.15, 0.2) is 18.2 Å². The van der Waals surface area contributed by atoms with E-state index in [9.17, 15) is 14.3 Å². The zero-order chi connectivity index (χ0) is 15.7. The topological polar surface area (TPSA) is 45.5 Å². The maximum atomic E-state index is 13.6. The zero-order valence-electron chi connectivity index (χ0n) is 12.8. The van der Waals surface area contributed by atoms with Gasteiger partial charge in [0.15, 0.2) is 0 Å². The molecule has 2 heterocycles. The molecule has 1 aromatic heterocycles. The number of halogens is 1. The Morgan fingerprint density at radius 1 is 1.32 bits per heavy atom. The van der Waals surface area contributed by atoms with Gasteiger partial charge in [0.25, 0.3) is 5.91 Å². The van der Waals surface area contributed by atoms with Crippen molar-refractivity contribution in [2.75, 3.05) is 19.7 Å². The predicted molar refractivity (Wildman–Crippen MR) is 83.5 cm³/mol. The Hall–Kier alpha value is -1.88. The zero-order valence-corrected chi connectivity index (χ0v) is 12.8. The predicted octanol–water partition coefficient (Wildman–Crippen LogP) is 2.57. The number of unbranched alkanes of at least 4 members (excludes halogenated alkanes) is 1. The molecule has 0 aliphatic carbocycles. The maximum absolute atomic E-state index is 13.6. The monoisotopic (exact) mass is 304 g/mol. The molecule has 22 heavy (non-hydrogen) atoms. The van der Waals surface area contributed by atoms with E-state index in [1.807, 2.05) is 9.47 Å². The average Bonchev–Trinajstić information content (AvgIpc) is 2.81. The van der Waals surface area contributed by atoms with Gasteiger partial charge in [-0.15, -0.1) is 0 Å². The summed E-state index contributed by atoms with van der Waals surface area (Å²) < 4.78 is 15.4. The van der Waals surface area contributed by atoms with Crippen molar-refractivity contribution in [3.05, 3.63) is 35.3 Å². The van der Waals surface area contributed by atoms with E-state index >= 15 is 0 Å². The summed E-state index contributed by atoms with van der Waals surface area (Å²) in [5.41, 5.74) is 2.36. The first-order chi connectivity index (χ1) is 10.7. The van der Waals surface area contributed by atoms with Crippen molar-refractivity contribution in [1.29, 1.82) is 0 Å². The highest BCUT2D eigenvalue weighted by Crippen LogP contribution is 2.31. The van der Waals surface area contributed by atoms with Crippen molar-refractivity contribution in [1.82, 2.24) is 9.47 Å². The molecule has 0 fully saturated rings. The quantitative estimate of drug-likeness (QED) is 0.923. The molecule has 1 aliphatic heterocycles. The van der Waals surface area contributed by atoms with E-state index in [0.717, 1.165) is 42.3 Å².